The number of fused-ring (bicyclic) bond motifs is 3. The lowest BCUT2D eigenvalue weighted by molar-refractivity contribution is 0.446. The van der Waals surface area contributed by atoms with E-state index in [1.54, 1.807) is 29.0 Å². The molecule has 9 aromatic rings. The summed E-state index contributed by atoms with van der Waals surface area (Å²) < 4.78 is 161. The fraction of sp³-hybridized carbons (Fsp3) is 0.278. The number of nitrogens with zero attached hydrogens (tertiary/aromatic N) is 3. The number of aromatic nitrogens is 3. The van der Waals surface area contributed by atoms with Crippen LogP contribution in [0.5, 0.6) is 5.75 Å². The van der Waals surface area contributed by atoms with Crippen molar-refractivity contribution in [1.82, 2.24) is 14.5 Å². The van der Waals surface area contributed by atoms with E-state index in [0.29, 0.717) is 39.7 Å². The number of hydrogen-bond donors (Lipinski definition) is 1. The third-order valence-electron chi connectivity index (χ3n) is 16.0. The van der Waals surface area contributed by atoms with Crippen molar-refractivity contribution in [2.75, 3.05) is 0 Å². The van der Waals surface area contributed by atoms with Gasteiger partial charge in [-0.3, -0.25) is 9.55 Å². The number of phenolic OH excluding ortho intramolecular Hbond substituents is 1. The third-order valence-corrected chi connectivity index (χ3v) is 22.4. The van der Waals surface area contributed by atoms with Crippen LogP contribution in [0.15, 0.2) is 157 Å². The van der Waals surface area contributed by atoms with Gasteiger partial charge in [0.15, 0.2) is 0 Å². The average Bonchev–Trinajstić information content (AvgIpc) is 0.818. The molecule has 78 heavy (non-hydrogen) atoms. The molecule has 4 heterocycles. The molecule has 0 amide bonds. The summed E-state index contributed by atoms with van der Waals surface area (Å²) in [4.78, 5) is 10.2. The molecule has 0 spiro atoms. The minimum absolute atomic E-state index is 0.192. The number of imidazole rings is 1. The first-order valence-electron chi connectivity index (χ1n) is 35.5. The summed E-state index contributed by atoms with van der Waals surface area (Å²) in [5.74, 6) is -1.75. The number of aromatic hydroxyl groups is 1. The van der Waals surface area contributed by atoms with Crippen LogP contribution in [0.4, 0.5) is 0 Å². The van der Waals surface area contributed by atoms with E-state index < -0.39 is 107 Å². The SMILES string of the molecule is [2H]C([2H])([2H])C(c1cc(-c2nc3c(-c4cc(-c5cc(-c6ccc(C7=Cc8cc9c(cc8[Si]7(C)C)C=C[Si]9(C)C)cc6)ccn5)cc(C(C)(C)C)c4)cccc3n2-c2ccc(C(C)(C)C)cc2-c2ccccc2)c(O)c(C(C([2H])([2H])[2H])(C([2H])([2H])[2H])C([2H])([2H])[2H])c1)(C([2H])([2H])[2H])C([2H])([2H])[2H]. The van der Waals surface area contributed by atoms with Gasteiger partial charge in [0.1, 0.15) is 27.7 Å². The van der Waals surface area contributed by atoms with Crippen molar-refractivity contribution in [2.45, 2.75) is 131 Å². The van der Waals surface area contributed by atoms with Crippen LogP contribution in [0.2, 0.25) is 26.2 Å². The molecule has 6 heteroatoms. The molecule has 394 valence electrons. The average molecular weight is 1070 g/mol. The van der Waals surface area contributed by atoms with Gasteiger partial charge >= 0.3 is 0 Å². The quantitative estimate of drug-likeness (QED) is 0.162. The first-order chi connectivity index (χ1) is 44.1. The van der Waals surface area contributed by atoms with Gasteiger partial charge in [0.25, 0.3) is 0 Å². The molecule has 4 nitrogen and oxygen atoms in total. The minimum Gasteiger partial charge on any atom is -0.507 e. The molecule has 0 atom stereocenters. The Morgan fingerprint density at radius 1 is 0.513 bits per heavy atom. The van der Waals surface area contributed by atoms with Gasteiger partial charge in [0, 0.05) is 53.1 Å². The van der Waals surface area contributed by atoms with E-state index in [4.69, 9.17) is 34.6 Å². The summed E-state index contributed by atoms with van der Waals surface area (Å²) in [5, 5.41) is 17.5. The Kier molecular flexibility index (Phi) is 8.39. The summed E-state index contributed by atoms with van der Waals surface area (Å²) in [7, 11) is -3.71. The largest absolute Gasteiger partial charge is 0.507 e. The Balaban J connectivity index is 1.18. The van der Waals surface area contributed by atoms with Crippen LogP contribution in [-0.4, -0.2) is 35.8 Å². The van der Waals surface area contributed by atoms with Crippen molar-refractivity contribution in [1.29, 1.82) is 0 Å². The van der Waals surface area contributed by atoms with E-state index in [1.165, 1.54) is 32.3 Å². The fourth-order valence-electron chi connectivity index (χ4n) is 11.4. The normalized spacial score (nSPS) is 19.3. The molecule has 2 aromatic heterocycles. The number of para-hydroxylation sites is 1. The van der Waals surface area contributed by atoms with Crippen molar-refractivity contribution in [3.8, 4) is 67.5 Å². The third kappa shape index (κ3) is 9.38. The smallest absolute Gasteiger partial charge is 0.149 e. The minimum atomic E-state index is -4.15. The molecule has 0 unspecified atom stereocenters. The molecule has 0 fully saturated rings. The van der Waals surface area contributed by atoms with Gasteiger partial charge in [0.05, 0.1) is 28.0 Å². The van der Waals surface area contributed by atoms with Crippen LogP contribution in [0, 0.1) is 0 Å². The predicted octanol–water partition coefficient (Wildman–Crippen LogP) is 18.1. The van der Waals surface area contributed by atoms with E-state index in [0.717, 1.165) is 33.9 Å². The highest BCUT2D eigenvalue weighted by Crippen LogP contribution is 2.47. The molecule has 0 saturated carbocycles. The zero-order valence-corrected chi connectivity index (χ0v) is 48.0. The lowest BCUT2D eigenvalue weighted by Crippen LogP contribution is -2.44. The summed E-state index contributed by atoms with van der Waals surface area (Å²) in [6, 6.07) is 44.7. The van der Waals surface area contributed by atoms with Crippen molar-refractivity contribution in [3.05, 3.63) is 196 Å². The highest BCUT2D eigenvalue weighted by molar-refractivity contribution is 7.07. The van der Waals surface area contributed by atoms with Gasteiger partial charge in [-0.25, -0.2) is 4.98 Å². The van der Waals surface area contributed by atoms with Gasteiger partial charge in [0.2, 0.25) is 0 Å². The Morgan fingerprint density at radius 3 is 1.88 bits per heavy atom. The molecule has 0 radical (unpaired) electrons. The molecular weight excluding hydrogens is 979 g/mol. The maximum atomic E-state index is 13.2. The highest BCUT2D eigenvalue weighted by Gasteiger charge is 2.39. The second kappa shape index (κ2) is 18.5. The van der Waals surface area contributed by atoms with Crippen molar-refractivity contribution < 1.29 is 29.8 Å². The second-order valence-electron chi connectivity index (χ2n) is 24.5. The van der Waals surface area contributed by atoms with Crippen LogP contribution in [0.25, 0.3) is 90.1 Å². The topological polar surface area (TPSA) is 50.9 Å². The van der Waals surface area contributed by atoms with Gasteiger partial charge < -0.3 is 5.11 Å². The summed E-state index contributed by atoms with van der Waals surface area (Å²) in [6.45, 7) is -2.69. The zero-order valence-electron chi connectivity index (χ0n) is 64.0. The van der Waals surface area contributed by atoms with Gasteiger partial charge in [-0.1, -0.05) is 224 Å². The lowest BCUT2D eigenvalue weighted by Gasteiger charge is -2.28. The summed E-state index contributed by atoms with van der Waals surface area (Å²) >= 11 is 0. The molecule has 7 aromatic carbocycles. The van der Waals surface area contributed by atoms with E-state index >= 15 is 0 Å². The van der Waals surface area contributed by atoms with Crippen LogP contribution in [0.3, 0.4) is 0 Å². The molecule has 1 N–H and O–H groups in total. The number of benzene rings is 7. The fourth-order valence-corrected chi connectivity index (χ4v) is 16.7. The Labute approximate surface area is 492 Å². The van der Waals surface area contributed by atoms with E-state index in [9.17, 15) is 5.11 Å². The first kappa shape index (κ1) is 35.4. The maximum absolute atomic E-state index is 13.2. The van der Waals surface area contributed by atoms with Crippen molar-refractivity contribution in [2.24, 2.45) is 0 Å². The number of rotatable bonds is 7. The lowest BCUT2D eigenvalue weighted by atomic mass is 9.79. The second-order valence-corrected chi connectivity index (χ2v) is 33.2. The molecule has 11 rings (SSSR count). The van der Waals surface area contributed by atoms with Crippen molar-refractivity contribution >= 4 is 54.9 Å². The Bertz CT molecular complexity index is 4570. The highest BCUT2D eigenvalue weighted by atomic mass is 28.3. The van der Waals surface area contributed by atoms with E-state index in [1.807, 2.05) is 93.6 Å². The van der Waals surface area contributed by atoms with Gasteiger partial charge in [-0.2, -0.15) is 0 Å². The summed E-state index contributed by atoms with van der Waals surface area (Å²) in [5.41, 5.74) is 1.88. The van der Waals surface area contributed by atoms with Crippen LogP contribution in [0.1, 0.15) is 146 Å². The van der Waals surface area contributed by atoms with Gasteiger partial charge in [-0.05, 0) is 141 Å². The standard InChI is InChI=1S/C72H77N3OSi2/c1-69(2,3)53-29-30-61(57(42-53)46-21-18-17-19-22-46)75-62-24-20-23-56(66(62)74-68(75)58-43-55(71(7,8)9)44-59(67(58)76)72(10,11)12)50-35-51(37-54(36-50)70(4,5)6)60-38-48(31-33-73-60)45-25-27-47(28-26-45)64-41-52-40-63-49(32-34-77(63,13)14)39-65(52)78(64,15)16/h17-44,76H,1-16H3/i7D3,8D3,9D3,10D3,11D3,12D3. The Hall–Kier alpha value is -7.13. The van der Waals surface area contributed by atoms with E-state index in [-0.39, 0.29) is 11.0 Å². The molecule has 2 aliphatic heterocycles. The molecule has 0 aliphatic carbocycles. The van der Waals surface area contributed by atoms with Crippen LogP contribution >= 0.6 is 0 Å². The zero-order chi connectivity index (χ0) is 70.6. The number of hydrogen-bond acceptors (Lipinski definition) is 3. The monoisotopic (exact) mass is 1070 g/mol. The molecule has 0 bridgehead atoms. The van der Waals surface area contributed by atoms with Crippen LogP contribution in [-0.2, 0) is 21.7 Å². The maximum Gasteiger partial charge on any atom is 0.149 e. The number of phenols is 1. The molecular formula is C72H77N3OSi2. The molecule has 0 saturated heterocycles. The molecule has 2 aliphatic rings. The Morgan fingerprint density at radius 2 is 1.18 bits per heavy atom. The number of pyridine rings is 1. The summed E-state index contributed by atoms with van der Waals surface area (Å²) in [6.07, 6.45) is 6.47. The van der Waals surface area contributed by atoms with E-state index in [2.05, 4.69) is 107 Å². The van der Waals surface area contributed by atoms with Crippen LogP contribution < -0.4 is 10.4 Å². The predicted molar refractivity (Wildman–Crippen MR) is 340 cm³/mol. The van der Waals surface area contributed by atoms with Gasteiger partial charge in [-0.15, -0.1) is 0 Å². The first-order valence-corrected chi connectivity index (χ1v) is 32.6. The van der Waals surface area contributed by atoms with Crippen molar-refractivity contribution in [3.63, 3.8) is 0 Å².